The molecule has 2 aromatic carbocycles. The lowest BCUT2D eigenvalue weighted by molar-refractivity contribution is -0.112. The first kappa shape index (κ1) is 16.2. The maximum absolute atomic E-state index is 10.8. The summed E-state index contributed by atoms with van der Waals surface area (Å²) in [5.74, 6) is -0.424. The van der Waals surface area contributed by atoms with Crippen LogP contribution in [0.3, 0.4) is 0 Å². The van der Waals surface area contributed by atoms with Crippen molar-refractivity contribution in [1.82, 2.24) is 0 Å². The molecule has 3 N–H and O–H groups in total. The van der Waals surface area contributed by atoms with Crippen molar-refractivity contribution < 1.29 is 17.8 Å². The van der Waals surface area contributed by atoms with Gasteiger partial charge in [-0.25, -0.2) is 4.99 Å². The molecule has 2 aromatic rings. The maximum atomic E-state index is 10.8. The highest BCUT2D eigenvalue weighted by Crippen LogP contribution is 2.09. The summed E-state index contributed by atoms with van der Waals surface area (Å²) in [6.45, 7) is 0. The largest absolute Gasteiger partial charge is 0.399 e. The zero-order valence-corrected chi connectivity index (χ0v) is 12.7. The van der Waals surface area contributed by atoms with Crippen molar-refractivity contribution in [1.29, 1.82) is 0 Å². The lowest BCUT2D eigenvalue weighted by Gasteiger charge is -1.93. The fraction of sp³-hybridized carbons (Fsp3) is 0. The number of nitrogens with two attached hydrogens (primary N) is 1. The summed E-state index contributed by atoms with van der Waals surface area (Å²) < 4.78 is 30.2. The van der Waals surface area contributed by atoms with Gasteiger partial charge in [0, 0.05) is 22.0 Å². The molecule has 6 nitrogen and oxygen atoms in total. The van der Waals surface area contributed by atoms with Crippen molar-refractivity contribution in [3.05, 3.63) is 58.1 Å². The van der Waals surface area contributed by atoms with Crippen molar-refractivity contribution in [2.75, 3.05) is 5.73 Å². The average Bonchev–Trinajstić information content (AvgIpc) is 2.81. The second-order valence-electron chi connectivity index (χ2n) is 4.34. The molecule has 1 aliphatic heterocycles. The fourth-order valence-corrected chi connectivity index (χ4v) is 2.30. The molecular formula is C14H11ClN2O4S. The molecule has 1 aliphatic rings. The van der Waals surface area contributed by atoms with Crippen molar-refractivity contribution in [3.63, 3.8) is 0 Å². The van der Waals surface area contributed by atoms with Gasteiger partial charge in [0.25, 0.3) is 16.0 Å². The van der Waals surface area contributed by atoms with Crippen LogP contribution in [0.15, 0.2) is 52.4 Å². The Morgan fingerprint density at radius 1 is 1.09 bits per heavy atom. The van der Waals surface area contributed by atoms with Gasteiger partial charge in [0.1, 0.15) is 0 Å². The van der Waals surface area contributed by atoms with Gasteiger partial charge in [0.05, 0.1) is 10.3 Å². The zero-order chi connectivity index (χ0) is 16.3. The third-order valence-electron chi connectivity index (χ3n) is 2.68. The van der Waals surface area contributed by atoms with Gasteiger partial charge in [-0.1, -0.05) is 11.6 Å². The van der Waals surface area contributed by atoms with Crippen LogP contribution in [0.5, 0.6) is 0 Å². The Morgan fingerprint density at radius 3 is 2.27 bits per heavy atom. The minimum atomic E-state index is -4.21. The van der Waals surface area contributed by atoms with Gasteiger partial charge in [0.2, 0.25) is 0 Å². The summed E-state index contributed by atoms with van der Waals surface area (Å²) in [6.07, 6.45) is 1.21. The second-order valence-corrected chi connectivity index (χ2v) is 6.20. The molecule has 8 heteroatoms. The smallest absolute Gasteiger partial charge is 0.294 e. The van der Waals surface area contributed by atoms with Crippen molar-refractivity contribution >= 4 is 39.4 Å². The third kappa shape index (κ3) is 4.14. The number of anilines is 1. The predicted octanol–water partition coefficient (Wildman–Crippen LogP) is 0.796. The van der Waals surface area contributed by atoms with Gasteiger partial charge in [0.15, 0.2) is 0 Å². The number of nitrogens with zero attached hydrogens (tertiary/aromatic N) is 1. The van der Waals surface area contributed by atoms with Crippen LogP contribution < -0.4 is 16.3 Å². The molecule has 0 fully saturated rings. The quantitative estimate of drug-likeness (QED) is 0.590. The van der Waals surface area contributed by atoms with E-state index in [9.17, 15) is 13.2 Å². The highest BCUT2D eigenvalue weighted by molar-refractivity contribution is 7.85. The minimum absolute atomic E-state index is 0.239. The highest BCUT2D eigenvalue weighted by atomic mass is 35.5. The minimum Gasteiger partial charge on any atom is -0.399 e. The first-order valence-electron chi connectivity index (χ1n) is 5.99. The molecule has 1 heterocycles. The second kappa shape index (κ2) is 6.27. The van der Waals surface area contributed by atoms with Crippen LogP contribution in [0, 0.1) is 0 Å². The third-order valence-corrected chi connectivity index (χ3v) is 3.78. The van der Waals surface area contributed by atoms with Gasteiger partial charge in [-0.3, -0.25) is 9.35 Å². The summed E-state index contributed by atoms with van der Waals surface area (Å²) in [7, 11) is -4.21. The van der Waals surface area contributed by atoms with E-state index in [-0.39, 0.29) is 4.90 Å². The predicted molar refractivity (Wildman–Crippen MR) is 82.4 cm³/mol. The molecule has 0 radical (unpaired) electrons. The van der Waals surface area contributed by atoms with E-state index in [0.717, 1.165) is 10.7 Å². The number of nitrogen functional groups attached to an aromatic ring is 1. The molecule has 22 heavy (non-hydrogen) atoms. The van der Waals surface area contributed by atoms with E-state index in [0.29, 0.717) is 10.6 Å². The average molecular weight is 339 g/mol. The number of rotatable bonds is 1. The molecule has 0 atom stereocenters. The summed E-state index contributed by atoms with van der Waals surface area (Å²) in [5, 5.41) is 1.55. The van der Waals surface area contributed by atoms with Crippen molar-refractivity contribution in [2.24, 2.45) is 4.99 Å². The van der Waals surface area contributed by atoms with Gasteiger partial charge in [-0.2, -0.15) is 8.42 Å². The highest BCUT2D eigenvalue weighted by Gasteiger charge is 2.11. The molecule has 0 bridgehead atoms. The van der Waals surface area contributed by atoms with E-state index in [4.69, 9.17) is 21.9 Å². The number of carbonyl (C=O) groups is 1. The molecule has 0 aliphatic carbocycles. The summed E-state index contributed by atoms with van der Waals surface area (Å²) >= 11 is 5.56. The topological polar surface area (TPSA) is 110 Å². The lowest BCUT2D eigenvalue weighted by atomic mass is 10.3. The van der Waals surface area contributed by atoms with E-state index in [2.05, 4.69) is 4.99 Å². The molecule has 0 unspecified atom stereocenters. The number of halogens is 1. The first-order valence-corrected chi connectivity index (χ1v) is 7.80. The van der Waals surface area contributed by atoms with Crippen LogP contribution in [0.2, 0.25) is 5.02 Å². The van der Waals surface area contributed by atoms with E-state index in [1.54, 1.807) is 24.3 Å². The Balaban J connectivity index is 0.000000188. The number of amides is 1. The van der Waals surface area contributed by atoms with E-state index >= 15 is 0 Å². The van der Waals surface area contributed by atoms with Gasteiger partial charge < -0.3 is 5.73 Å². The molecular weight excluding hydrogens is 328 g/mol. The number of benzene rings is 2. The first-order chi connectivity index (χ1) is 10.3. The maximum Gasteiger partial charge on any atom is 0.294 e. The van der Waals surface area contributed by atoms with E-state index in [1.165, 1.54) is 24.3 Å². The summed E-state index contributed by atoms with van der Waals surface area (Å²) in [4.78, 5) is 14.2. The Hall–Kier alpha value is -2.22. The molecule has 114 valence electrons. The fourth-order valence-electron chi connectivity index (χ4n) is 1.66. The van der Waals surface area contributed by atoms with Gasteiger partial charge in [-0.05, 0) is 42.5 Å². The number of hydrogen-bond acceptors (Lipinski definition) is 4. The van der Waals surface area contributed by atoms with E-state index in [1.807, 2.05) is 0 Å². The zero-order valence-electron chi connectivity index (χ0n) is 11.1. The Labute approximate surface area is 131 Å². The summed E-state index contributed by atoms with van der Waals surface area (Å²) in [5.41, 5.74) is 6.11. The Morgan fingerprint density at radius 2 is 1.73 bits per heavy atom. The molecule has 0 spiro atoms. The normalized spacial score (nSPS) is 12.5. The van der Waals surface area contributed by atoms with Crippen molar-refractivity contribution in [2.45, 2.75) is 4.90 Å². The van der Waals surface area contributed by atoms with E-state index < -0.39 is 16.0 Å². The monoisotopic (exact) mass is 338 g/mol. The van der Waals surface area contributed by atoms with Crippen LogP contribution in [0.25, 0.3) is 6.08 Å². The van der Waals surface area contributed by atoms with Crippen LogP contribution in [-0.4, -0.2) is 18.9 Å². The molecule has 3 rings (SSSR count). The molecule has 0 saturated carbocycles. The van der Waals surface area contributed by atoms with Gasteiger partial charge >= 0.3 is 0 Å². The molecule has 0 aromatic heterocycles. The standard InChI is InChI=1S/C8H5NO4S.C6H6ClN/c10-8-4-5-3-6(14(11,12)13)1-2-7(5)9-8;7-5-1-3-6(8)4-2-5/h1-4H,(H,11,12,13);1-4H,8H2. The summed E-state index contributed by atoms with van der Waals surface area (Å²) in [6, 6.07) is 10.8. The number of carbonyl (C=O) groups excluding carboxylic acids is 1. The molecule has 0 saturated heterocycles. The SMILES string of the molecule is Nc1ccc(Cl)cc1.O=C1C=c2cc(S(=O)(=O)O)ccc2=N1. The lowest BCUT2D eigenvalue weighted by Crippen LogP contribution is -2.22. The van der Waals surface area contributed by atoms with Crippen LogP contribution in [-0.2, 0) is 14.9 Å². The number of fused-ring (bicyclic) bond motifs is 1. The van der Waals surface area contributed by atoms with Gasteiger partial charge in [-0.15, -0.1) is 0 Å². The Bertz CT molecular complexity index is 917. The van der Waals surface area contributed by atoms with Crippen LogP contribution in [0.1, 0.15) is 0 Å². The number of hydrogen-bond donors (Lipinski definition) is 2. The van der Waals surface area contributed by atoms with Crippen molar-refractivity contribution in [3.8, 4) is 0 Å². The molecule has 1 amide bonds. The Kier molecular flexibility index (Phi) is 4.60. The van der Waals surface area contributed by atoms with Crippen LogP contribution in [0.4, 0.5) is 5.69 Å². The van der Waals surface area contributed by atoms with Crippen LogP contribution >= 0.6 is 11.6 Å².